The first-order valence-corrected chi connectivity index (χ1v) is 9.75. The van der Waals surface area contributed by atoms with E-state index in [1.165, 1.54) is 0 Å². The third-order valence-corrected chi connectivity index (χ3v) is 5.68. The molecule has 0 N–H and O–H groups in total. The van der Waals surface area contributed by atoms with E-state index in [4.69, 9.17) is 4.18 Å². The van der Waals surface area contributed by atoms with Gasteiger partial charge in [-0.1, -0.05) is 55.8 Å². The fraction of sp³-hybridized carbons (Fsp3) is 0.200. The van der Waals surface area contributed by atoms with Crippen molar-refractivity contribution >= 4 is 42.4 Å². The Hall–Kier alpha value is -2.33. The predicted octanol–water partition coefficient (Wildman–Crippen LogP) is 5.09. The quantitative estimate of drug-likeness (QED) is 0.376. The fourth-order valence-electron chi connectivity index (χ4n) is 3.28. The van der Waals surface area contributed by atoms with Crippen molar-refractivity contribution in [2.75, 3.05) is 5.75 Å². The molecule has 0 fully saturated rings. The molecule has 0 bridgehead atoms. The Bertz CT molecular complexity index is 1110. The first kappa shape index (κ1) is 15.2. The molecule has 0 amide bonds. The van der Waals surface area contributed by atoms with Crippen molar-refractivity contribution in [3.63, 3.8) is 0 Å². The lowest BCUT2D eigenvalue weighted by Gasteiger charge is -2.14. The third-order valence-electron chi connectivity index (χ3n) is 4.45. The van der Waals surface area contributed by atoms with Gasteiger partial charge in [-0.25, -0.2) is 0 Å². The molecule has 0 saturated carbocycles. The van der Waals surface area contributed by atoms with Crippen LogP contribution in [0.1, 0.15) is 19.8 Å². The molecule has 4 aromatic carbocycles. The Morgan fingerprint density at radius 1 is 0.833 bits per heavy atom. The van der Waals surface area contributed by atoms with E-state index in [1.807, 2.05) is 31.2 Å². The minimum Gasteiger partial charge on any atom is -0.382 e. The average Bonchev–Trinajstić information content (AvgIpc) is 2.59. The van der Waals surface area contributed by atoms with Crippen molar-refractivity contribution in [1.29, 1.82) is 0 Å². The van der Waals surface area contributed by atoms with Gasteiger partial charge in [0.2, 0.25) is 0 Å². The van der Waals surface area contributed by atoms with Crippen molar-refractivity contribution < 1.29 is 12.6 Å². The number of rotatable bonds is 5. The summed E-state index contributed by atoms with van der Waals surface area (Å²) in [4.78, 5) is 0. The highest BCUT2D eigenvalue weighted by Gasteiger charge is 2.16. The van der Waals surface area contributed by atoms with Gasteiger partial charge in [0, 0.05) is 10.8 Å². The Morgan fingerprint density at radius 2 is 1.46 bits per heavy atom. The molecule has 0 aliphatic heterocycles. The molecule has 0 heterocycles. The van der Waals surface area contributed by atoms with Crippen LogP contribution in [0.15, 0.2) is 54.6 Å². The van der Waals surface area contributed by atoms with Crippen LogP contribution in [-0.2, 0) is 10.1 Å². The van der Waals surface area contributed by atoms with Gasteiger partial charge < -0.3 is 4.18 Å². The Morgan fingerprint density at radius 3 is 2.17 bits per heavy atom. The van der Waals surface area contributed by atoms with Gasteiger partial charge in [-0.05, 0) is 40.1 Å². The lowest BCUT2D eigenvalue weighted by molar-refractivity contribution is 0.486. The van der Waals surface area contributed by atoms with Crippen LogP contribution in [0.25, 0.3) is 32.3 Å². The molecular weight excluding hydrogens is 320 g/mol. The summed E-state index contributed by atoms with van der Waals surface area (Å²) in [5.41, 5.74) is 0. The van der Waals surface area contributed by atoms with Crippen molar-refractivity contribution in [3.05, 3.63) is 54.6 Å². The third kappa shape index (κ3) is 2.47. The largest absolute Gasteiger partial charge is 0.382 e. The van der Waals surface area contributed by atoms with Gasteiger partial charge in [0.1, 0.15) is 5.75 Å². The maximum absolute atomic E-state index is 12.2. The van der Waals surface area contributed by atoms with Gasteiger partial charge >= 0.3 is 10.1 Å². The van der Waals surface area contributed by atoms with Crippen LogP contribution in [0.4, 0.5) is 0 Å². The zero-order valence-corrected chi connectivity index (χ0v) is 14.3. The molecule has 0 atom stereocenters. The molecule has 122 valence electrons. The van der Waals surface area contributed by atoms with E-state index >= 15 is 0 Å². The standard InChI is InChI=1S/C20H18O3S/c1-2-3-13-24(21,22)23-18-12-10-16-8-7-14-5-4-6-15-9-11-17(18)20(16)19(14)15/h4-12H,2-3,13H2,1H3. The minimum absolute atomic E-state index is 0.0471. The Labute approximate surface area is 141 Å². The van der Waals surface area contributed by atoms with E-state index in [-0.39, 0.29) is 5.75 Å². The summed E-state index contributed by atoms with van der Waals surface area (Å²) in [5, 5.41) is 6.45. The van der Waals surface area contributed by atoms with Gasteiger partial charge in [0.05, 0.1) is 5.75 Å². The summed E-state index contributed by atoms with van der Waals surface area (Å²) < 4.78 is 29.8. The molecule has 4 aromatic rings. The van der Waals surface area contributed by atoms with Crippen LogP contribution in [0.3, 0.4) is 0 Å². The number of hydrogen-bond acceptors (Lipinski definition) is 3. The zero-order valence-electron chi connectivity index (χ0n) is 13.5. The molecule has 4 rings (SSSR count). The molecule has 0 aliphatic carbocycles. The van der Waals surface area contributed by atoms with E-state index in [2.05, 4.69) is 24.3 Å². The SMILES string of the molecule is CCCCS(=O)(=O)Oc1ccc2ccc3cccc4ccc1c2c34. The molecule has 0 aliphatic rings. The van der Waals surface area contributed by atoms with E-state index in [9.17, 15) is 8.42 Å². The summed E-state index contributed by atoms with van der Waals surface area (Å²) in [7, 11) is -3.56. The van der Waals surface area contributed by atoms with Gasteiger partial charge in [-0.15, -0.1) is 0 Å². The second kappa shape index (κ2) is 5.64. The molecule has 3 nitrogen and oxygen atoms in total. The summed E-state index contributed by atoms with van der Waals surface area (Å²) in [5.74, 6) is 0.461. The Balaban J connectivity index is 1.94. The summed E-state index contributed by atoms with van der Waals surface area (Å²) in [6.45, 7) is 1.96. The van der Waals surface area contributed by atoms with Gasteiger partial charge in [-0.2, -0.15) is 8.42 Å². The Kier molecular flexibility index (Phi) is 3.57. The number of hydrogen-bond donors (Lipinski definition) is 0. The van der Waals surface area contributed by atoms with E-state index in [1.54, 1.807) is 6.07 Å². The summed E-state index contributed by atoms with van der Waals surface area (Å²) in [6.07, 6.45) is 1.43. The summed E-state index contributed by atoms with van der Waals surface area (Å²) in [6, 6.07) is 18.0. The first-order valence-electron chi connectivity index (χ1n) is 8.18. The highest BCUT2D eigenvalue weighted by atomic mass is 32.2. The van der Waals surface area contributed by atoms with Crippen LogP contribution in [0, 0.1) is 0 Å². The normalized spacial score (nSPS) is 12.4. The second-order valence-corrected chi connectivity index (χ2v) is 7.81. The smallest absolute Gasteiger partial charge is 0.309 e. The number of benzene rings is 4. The van der Waals surface area contributed by atoms with Gasteiger partial charge in [-0.3, -0.25) is 0 Å². The second-order valence-electron chi connectivity index (χ2n) is 6.12. The minimum atomic E-state index is -3.56. The van der Waals surface area contributed by atoms with Crippen LogP contribution in [0.5, 0.6) is 5.75 Å². The van der Waals surface area contributed by atoms with E-state index in [0.717, 1.165) is 38.7 Å². The summed E-state index contributed by atoms with van der Waals surface area (Å²) >= 11 is 0. The van der Waals surface area contributed by atoms with E-state index < -0.39 is 10.1 Å². The maximum atomic E-state index is 12.2. The van der Waals surface area contributed by atoms with Crippen LogP contribution in [0.2, 0.25) is 0 Å². The lowest BCUT2D eigenvalue weighted by Crippen LogP contribution is -2.13. The molecule has 4 heteroatoms. The topological polar surface area (TPSA) is 43.4 Å². The monoisotopic (exact) mass is 338 g/mol. The predicted molar refractivity (Wildman–Crippen MR) is 99.5 cm³/mol. The molecule has 0 saturated heterocycles. The van der Waals surface area contributed by atoms with Crippen molar-refractivity contribution in [1.82, 2.24) is 0 Å². The van der Waals surface area contributed by atoms with E-state index in [0.29, 0.717) is 12.2 Å². The average molecular weight is 338 g/mol. The van der Waals surface area contributed by atoms with Crippen LogP contribution < -0.4 is 4.18 Å². The molecule has 0 aromatic heterocycles. The fourth-order valence-corrected chi connectivity index (χ4v) is 4.43. The van der Waals surface area contributed by atoms with Crippen molar-refractivity contribution in [2.45, 2.75) is 19.8 Å². The number of unbranched alkanes of at least 4 members (excludes halogenated alkanes) is 1. The molecule has 0 unspecified atom stereocenters. The van der Waals surface area contributed by atoms with Gasteiger partial charge in [0.15, 0.2) is 0 Å². The molecule has 24 heavy (non-hydrogen) atoms. The first-order chi connectivity index (χ1) is 11.6. The molecule has 0 spiro atoms. The molecule has 0 radical (unpaired) electrons. The molecular formula is C20H18O3S. The highest BCUT2D eigenvalue weighted by Crippen LogP contribution is 2.38. The van der Waals surface area contributed by atoms with Crippen LogP contribution >= 0.6 is 0 Å². The van der Waals surface area contributed by atoms with Crippen molar-refractivity contribution in [2.24, 2.45) is 0 Å². The zero-order chi connectivity index (χ0) is 16.7. The van der Waals surface area contributed by atoms with Crippen molar-refractivity contribution in [3.8, 4) is 5.75 Å². The maximum Gasteiger partial charge on any atom is 0.309 e. The highest BCUT2D eigenvalue weighted by molar-refractivity contribution is 7.87. The lowest BCUT2D eigenvalue weighted by atomic mass is 9.94. The van der Waals surface area contributed by atoms with Crippen LogP contribution in [-0.4, -0.2) is 14.2 Å². The van der Waals surface area contributed by atoms with Gasteiger partial charge in [0.25, 0.3) is 0 Å².